The average Bonchev–Trinajstić information content (AvgIpc) is 2.85. The van der Waals surface area contributed by atoms with Crippen LogP contribution in [0.4, 0.5) is 0 Å². The molecule has 0 saturated carbocycles. The molecule has 0 aliphatic heterocycles. The predicted octanol–water partition coefficient (Wildman–Crippen LogP) is 2.03. The number of hydrogen-bond donors (Lipinski definition) is 0. The topological polar surface area (TPSA) is 44.1 Å². The maximum atomic E-state index is 11.5. The fourth-order valence-corrected chi connectivity index (χ4v) is 2.10. The number of ether oxygens (including phenoxy) is 1. The van der Waals surface area contributed by atoms with Crippen molar-refractivity contribution in [3.8, 4) is 5.13 Å². The molecule has 2 aromatic rings. The lowest BCUT2D eigenvalue weighted by molar-refractivity contribution is 0.0591. The predicted molar refractivity (Wildman–Crippen MR) is 57.5 cm³/mol. The van der Waals surface area contributed by atoms with E-state index in [0.717, 1.165) is 10.8 Å². The summed E-state index contributed by atoms with van der Waals surface area (Å²) in [6.45, 7) is 1.92. The van der Waals surface area contributed by atoms with Crippen LogP contribution >= 0.6 is 11.3 Å². The van der Waals surface area contributed by atoms with Gasteiger partial charge >= 0.3 is 5.97 Å². The fraction of sp³-hybridized carbons (Fsp3) is 0.200. The molecule has 78 valence electrons. The summed E-state index contributed by atoms with van der Waals surface area (Å²) < 4.78 is 6.49. The van der Waals surface area contributed by atoms with Crippen LogP contribution < -0.4 is 0 Å². The van der Waals surface area contributed by atoms with E-state index in [4.69, 9.17) is 4.74 Å². The second-order valence-corrected chi connectivity index (χ2v) is 3.87. The van der Waals surface area contributed by atoms with Gasteiger partial charge in [0.05, 0.1) is 7.11 Å². The van der Waals surface area contributed by atoms with Crippen LogP contribution in [0.5, 0.6) is 0 Å². The molecule has 0 bridgehead atoms. The van der Waals surface area contributed by atoms with Gasteiger partial charge < -0.3 is 4.74 Å². The van der Waals surface area contributed by atoms with Crippen molar-refractivity contribution in [2.45, 2.75) is 6.92 Å². The Hall–Kier alpha value is -1.62. The first-order valence-corrected chi connectivity index (χ1v) is 5.28. The van der Waals surface area contributed by atoms with E-state index in [-0.39, 0.29) is 5.97 Å². The number of esters is 1. The number of methoxy groups -OCH3 is 1. The minimum atomic E-state index is -0.349. The maximum absolute atomic E-state index is 11.5. The third-order valence-electron chi connectivity index (χ3n) is 2.08. The molecule has 0 amide bonds. The van der Waals surface area contributed by atoms with Gasteiger partial charge in [-0.3, -0.25) is 4.57 Å². The highest BCUT2D eigenvalue weighted by Gasteiger charge is 2.15. The Morgan fingerprint density at radius 2 is 2.33 bits per heavy atom. The molecule has 2 aromatic heterocycles. The number of nitrogens with zero attached hydrogens (tertiary/aromatic N) is 2. The number of aryl methyl sites for hydroxylation is 1. The van der Waals surface area contributed by atoms with Crippen LogP contribution in [0.25, 0.3) is 5.13 Å². The first-order valence-electron chi connectivity index (χ1n) is 4.40. The van der Waals surface area contributed by atoms with Gasteiger partial charge in [-0.1, -0.05) is 0 Å². The van der Waals surface area contributed by atoms with E-state index in [1.807, 2.05) is 18.4 Å². The van der Waals surface area contributed by atoms with E-state index >= 15 is 0 Å². The lowest BCUT2D eigenvalue weighted by atomic mass is 10.4. The molecule has 2 heterocycles. The molecule has 0 unspecified atom stereocenters. The van der Waals surface area contributed by atoms with Crippen LogP contribution in [0, 0.1) is 6.92 Å². The quantitative estimate of drug-likeness (QED) is 0.730. The summed E-state index contributed by atoms with van der Waals surface area (Å²) in [4.78, 5) is 15.6. The minimum Gasteiger partial charge on any atom is -0.464 e. The zero-order valence-corrected chi connectivity index (χ0v) is 9.25. The number of carbonyl (C=O) groups is 1. The number of hydrogen-bond acceptors (Lipinski definition) is 4. The van der Waals surface area contributed by atoms with Gasteiger partial charge in [0.2, 0.25) is 0 Å². The van der Waals surface area contributed by atoms with E-state index in [9.17, 15) is 4.79 Å². The number of carbonyl (C=O) groups excluding carboxylic acids is 1. The van der Waals surface area contributed by atoms with Crippen LogP contribution in [0.15, 0.2) is 23.7 Å². The van der Waals surface area contributed by atoms with E-state index in [0.29, 0.717) is 5.69 Å². The minimum absolute atomic E-state index is 0.349. The van der Waals surface area contributed by atoms with Crippen LogP contribution in [-0.2, 0) is 4.74 Å². The van der Waals surface area contributed by atoms with Gasteiger partial charge in [0, 0.05) is 17.3 Å². The van der Waals surface area contributed by atoms with Crippen molar-refractivity contribution in [2.75, 3.05) is 7.11 Å². The Bertz CT molecular complexity index is 474. The number of aromatic nitrogens is 2. The first kappa shape index (κ1) is 9.92. The molecule has 2 rings (SSSR count). The summed E-state index contributed by atoms with van der Waals surface area (Å²) in [5, 5.41) is 2.65. The molecule has 0 radical (unpaired) electrons. The van der Waals surface area contributed by atoms with Gasteiger partial charge in [0.15, 0.2) is 5.13 Å². The zero-order valence-electron chi connectivity index (χ0n) is 8.43. The Morgan fingerprint density at radius 1 is 1.53 bits per heavy atom. The number of thiazole rings is 1. The molecule has 0 N–H and O–H groups in total. The Labute approximate surface area is 91.1 Å². The summed E-state index contributed by atoms with van der Waals surface area (Å²) in [6.07, 6.45) is 1.71. The van der Waals surface area contributed by atoms with Crippen LogP contribution in [0.2, 0.25) is 0 Å². The fourth-order valence-electron chi connectivity index (χ4n) is 1.38. The molecule has 15 heavy (non-hydrogen) atoms. The molecule has 0 aliphatic carbocycles. The highest BCUT2D eigenvalue weighted by molar-refractivity contribution is 7.12. The van der Waals surface area contributed by atoms with Gasteiger partial charge in [0.1, 0.15) is 5.69 Å². The Balaban J connectivity index is 2.55. The monoisotopic (exact) mass is 222 g/mol. The first-order chi connectivity index (χ1) is 7.24. The second-order valence-electron chi connectivity index (χ2n) is 3.00. The number of rotatable bonds is 2. The highest BCUT2D eigenvalue weighted by atomic mass is 32.1. The van der Waals surface area contributed by atoms with E-state index in [1.54, 1.807) is 16.8 Å². The summed E-state index contributed by atoms with van der Waals surface area (Å²) in [5.41, 5.74) is 1.47. The van der Waals surface area contributed by atoms with E-state index < -0.39 is 0 Å². The standard InChI is InChI=1S/C10H10N2O2S/c1-7-3-4-8(9(13)14-2)12(7)10-11-5-6-15-10/h3-6H,1-2H3. The molecular weight excluding hydrogens is 212 g/mol. The third-order valence-corrected chi connectivity index (χ3v) is 2.84. The lowest BCUT2D eigenvalue weighted by Crippen LogP contribution is -2.09. The van der Waals surface area contributed by atoms with Crippen molar-refractivity contribution < 1.29 is 9.53 Å². The smallest absolute Gasteiger partial charge is 0.355 e. The highest BCUT2D eigenvalue weighted by Crippen LogP contribution is 2.19. The summed E-state index contributed by atoms with van der Waals surface area (Å²) in [6, 6.07) is 3.61. The van der Waals surface area contributed by atoms with Crippen molar-refractivity contribution in [1.29, 1.82) is 0 Å². The van der Waals surface area contributed by atoms with E-state index in [2.05, 4.69) is 4.98 Å². The van der Waals surface area contributed by atoms with Gasteiger partial charge in [0.25, 0.3) is 0 Å². The molecule has 0 saturated heterocycles. The third kappa shape index (κ3) is 1.66. The normalized spacial score (nSPS) is 10.3. The second kappa shape index (κ2) is 3.86. The van der Waals surface area contributed by atoms with Crippen LogP contribution in [0.3, 0.4) is 0 Å². The molecule has 0 fully saturated rings. The Kier molecular flexibility index (Phi) is 2.55. The lowest BCUT2D eigenvalue weighted by Gasteiger charge is -2.05. The molecule has 0 atom stereocenters. The average molecular weight is 222 g/mol. The van der Waals surface area contributed by atoms with Crippen molar-refractivity contribution >= 4 is 17.3 Å². The van der Waals surface area contributed by atoms with Crippen LogP contribution in [0.1, 0.15) is 16.2 Å². The molecular formula is C10H10N2O2S. The van der Waals surface area contributed by atoms with Gasteiger partial charge in [-0.25, -0.2) is 9.78 Å². The van der Waals surface area contributed by atoms with Crippen molar-refractivity contribution in [1.82, 2.24) is 9.55 Å². The molecule has 0 aliphatic rings. The summed E-state index contributed by atoms with van der Waals surface area (Å²) in [7, 11) is 1.37. The van der Waals surface area contributed by atoms with Crippen molar-refractivity contribution in [3.05, 3.63) is 35.1 Å². The largest absolute Gasteiger partial charge is 0.464 e. The van der Waals surface area contributed by atoms with Crippen molar-refractivity contribution in [2.24, 2.45) is 0 Å². The van der Waals surface area contributed by atoms with E-state index in [1.165, 1.54) is 18.4 Å². The molecule has 0 spiro atoms. The Morgan fingerprint density at radius 3 is 2.93 bits per heavy atom. The SMILES string of the molecule is COC(=O)c1ccc(C)n1-c1nccs1. The maximum Gasteiger partial charge on any atom is 0.355 e. The van der Waals surface area contributed by atoms with Gasteiger partial charge in [-0.05, 0) is 19.1 Å². The zero-order chi connectivity index (χ0) is 10.8. The summed E-state index contributed by atoms with van der Waals surface area (Å²) >= 11 is 1.48. The molecule has 4 nitrogen and oxygen atoms in total. The van der Waals surface area contributed by atoms with Gasteiger partial charge in [-0.2, -0.15) is 0 Å². The van der Waals surface area contributed by atoms with Crippen molar-refractivity contribution in [3.63, 3.8) is 0 Å². The molecule has 0 aromatic carbocycles. The summed E-state index contributed by atoms with van der Waals surface area (Å²) in [5.74, 6) is -0.349. The van der Waals surface area contributed by atoms with Gasteiger partial charge in [-0.15, -0.1) is 11.3 Å². The van der Waals surface area contributed by atoms with Crippen LogP contribution in [-0.4, -0.2) is 22.6 Å². The molecule has 5 heteroatoms.